The van der Waals surface area contributed by atoms with Gasteiger partial charge in [0, 0.05) is 16.5 Å². The maximum atomic E-state index is 5.44. The summed E-state index contributed by atoms with van der Waals surface area (Å²) in [6, 6.07) is 18.4. The number of benzene rings is 2. The second-order valence-corrected chi connectivity index (χ2v) is 27.6. The Kier molecular flexibility index (Phi) is 64.7. The van der Waals surface area contributed by atoms with Crippen LogP contribution in [0.3, 0.4) is 0 Å². The normalized spacial score (nSPS) is 12.0. The summed E-state index contributed by atoms with van der Waals surface area (Å²) in [6.07, 6.45) is 91.5. The molecule has 0 aliphatic carbocycles. The molecule has 2 aromatic carbocycles. The van der Waals surface area contributed by atoms with E-state index in [2.05, 4.69) is 76.2 Å². The minimum Gasteiger partial charge on any atom is -0.252 e. The van der Waals surface area contributed by atoms with Crippen LogP contribution in [0.4, 0.5) is 11.4 Å². The molecule has 0 bridgehead atoms. The predicted molar refractivity (Wildman–Crippen MR) is 388 cm³/mol. The second-order valence-electron chi connectivity index (χ2n) is 27.6. The van der Waals surface area contributed by atoms with Crippen LogP contribution >= 0.6 is 0 Å². The van der Waals surface area contributed by atoms with E-state index in [4.69, 9.17) is 9.98 Å². The molecule has 2 rings (SSSR count). The largest absolute Gasteiger partial charge is 0.252 e. The first-order chi connectivity index (χ1) is 42.2. The van der Waals surface area contributed by atoms with E-state index in [-0.39, 0.29) is 16.5 Å². The van der Waals surface area contributed by atoms with Crippen LogP contribution in [-0.2, 0) is 29.3 Å². The maximum Gasteiger partial charge on any atom is 0.0636 e. The molecule has 0 aromatic heterocycles. The predicted octanol–water partition coefficient (Wildman–Crippen LogP) is 30.3. The fourth-order valence-electron chi connectivity index (χ4n) is 13.3. The molecule has 502 valence electrons. The molecule has 0 aliphatic rings. The van der Waals surface area contributed by atoms with Crippen molar-refractivity contribution in [2.45, 2.75) is 445 Å². The summed E-state index contributed by atoms with van der Waals surface area (Å²) in [7, 11) is 0. The van der Waals surface area contributed by atoms with Gasteiger partial charge in [-0.2, -0.15) is 0 Å². The number of hydrogen-bond acceptors (Lipinski definition) is 2. The third-order valence-corrected chi connectivity index (χ3v) is 19.1. The first-order valence-corrected chi connectivity index (χ1v) is 39.5. The van der Waals surface area contributed by atoms with Crippen molar-refractivity contribution in [2.75, 3.05) is 0 Å². The second kappa shape index (κ2) is 67.7. The Balaban J connectivity index is 0.0000370. The van der Waals surface area contributed by atoms with Crippen molar-refractivity contribution < 1.29 is 16.5 Å². The van der Waals surface area contributed by atoms with Gasteiger partial charge in [0.2, 0.25) is 0 Å². The van der Waals surface area contributed by atoms with E-state index in [1.54, 1.807) is 0 Å². The zero-order valence-electron chi connectivity index (χ0n) is 58.8. The zero-order chi connectivity index (χ0) is 60.5. The Morgan fingerprint density at radius 1 is 0.221 bits per heavy atom. The zero-order valence-corrected chi connectivity index (χ0v) is 59.8. The molecule has 0 N–H and O–H groups in total. The van der Waals surface area contributed by atoms with Gasteiger partial charge in [-0.3, -0.25) is 9.98 Å². The van der Waals surface area contributed by atoms with Crippen molar-refractivity contribution in [1.29, 1.82) is 0 Å². The molecule has 0 saturated heterocycles. The van der Waals surface area contributed by atoms with Gasteiger partial charge in [-0.15, -0.1) is 0 Å². The van der Waals surface area contributed by atoms with Crippen molar-refractivity contribution in [1.82, 2.24) is 0 Å². The average Bonchev–Trinajstić information content (AvgIpc) is 3.71. The monoisotopic (exact) mass is 1230 g/mol. The van der Waals surface area contributed by atoms with Gasteiger partial charge in [0.1, 0.15) is 0 Å². The van der Waals surface area contributed by atoms with Crippen molar-refractivity contribution in [3.8, 4) is 0 Å². The van der Waals surface area contributed by atoms with E-state index in [0.717, 1.165) is 43.5 Å². The average molecular weight is 1230 g/mol. The molecule has 0 heterocycles. The molecule has 0 radical (unpaired) electrons. The summed E-state index contributed by atoms with van der Waals surface area (Å²) in [5, 5.41) is 0. The molecule has 3 heteroatoms. The van der Waals surface area contributed by atoms with Gasteiger partial charge in [0.05, 0.1) is 22.8 Å². The van der Waals surface area contributed by atoms with Gasteiger partial charge < -0.3 is 0 Å². The molecule has 0 unspecified atom stereocenters. The Morgan fingerprint density at radius 2 is 0.407 bits per heavy atom. The molecule has 0 saturated carbocycles. The van der Waals surface area contributed by atoms with Crippen LogP contribution in [0.1, 0.15) is 443 Å². The van der Waals surface area contributed by atoms with Gasteiger partial charge in [-0.05, 0) is 86.8 Å². The molecule has 86 heavy (non-hydrogen) atoms. The minimum atomic E-state index is 0. The van der Waals surface area contributed by atoms with Gasteiger partial charge >= 0.3 is 0 Å². The molecule has 0 spiro atoms. The van der Waals surface area contributed by atoms with Crippen molar-refractivity contribution >= 4 is 22.8 Å². The third-order valence-electron chi connectivity index (χ3n) is 19.1. The quantitative estimate of drug-likeness (QED) is 0.0358. The Hall–Kier alpha value is -1.73. The summed E-state index contributed by atoms with van der Waals surface area (Å²) in [6.45, 7) is 9.25. The number of aliphatic imine (C=N–C) groups is 2. The fraction of sp³-hybridized carbons (Fsp3) is 0.831. The number of unbranched alkanes of at least 4 members (excludes halogenated alkanes) is 57. The molecule has 0 amide bonds. The van der Waals surface area contributed by atoms with E-state index in [1.165, 1.54) is 408 Å². The van der Waals surface area contributed by atoms with Crippen molar-refractivity contribution in [3.63, 3.8) is 0 Å². The first-order valence-electron chi connectivity index (χ1n) is 39.5. The van der Waals surface area contributed by atoms with E-state index < -0.39 is 0 Å². The van der Waals surface area contributed by atoms with Crippen molar-refractivity contribution in [2.24, 2.45) is 9.98 Å². The van der Waals surface area contributed by atoms with Crippen LogP contribution in [0.5, 0.6) is 0 Å². The topological polar surface area (TPSA) is 24.7 Å². The van der Waals surface area contributed by atoms with E-state index in [0.29, 0.717) is 0 Å². The van der Waals surface area contributed by atoms with Gasteiger partial charge in [0.25, 0.3) is 0 Å². The van der Waals surface area contributed by atoms with Crippen LogP contribution in [-0.4, -0.2) is 11.4 Å². The van der Waals surface area contributed by atoms with Crippen LogP contribution in [0, 0.1) is 0 Å². The summed E-state index contributed by atoms with van der Waals surface area (Å²) in [5.74, 6) is 0. The summed E-state index contributed by atoms with van der Waals surface area (Å²) in [4.78, 5) is 10.9. The molecule has 0 aliphatic heterocycles. The molecule has 2 aromatic rings. The van der Waals surface area contributed by atoms with Crippen LogP contribution in [0.15, 0.2) is 58.5 Å². The standard InChI is InChI=1S/C83H150N2.Ni/c1-5-9-13-15-17-19-21-23-25-27-29-31-33-35-37-39-41-43-45-47-49-51-53-55-57-59-61-64-68-78-70-66-72-80(76-78)84-82(74-12-8-4)83(75-63-11-7-3)85-81-73-67-71-79(77-81)69-65-62-60-58-56-54-52-50-48-46-44-42-40-38-36-34-32-30-28-26-24-22-20-18-16-14-10-6-2;/h66-67,70-73,76-77H,5-65,68-69,74-75H2,1-4H3;. The first kappa shape index (κ1) is 82.3. The van der Waals surface area contributed by atoms with Gasteiger partial charge in [-0.1, -0.05) is 418 Å². The summed E-state index contributed by atoms with van der Waals surface area (Å²) >= 11 is 0. The number of hydrogen-bond donors (Lipinski definition) is 0. The summed E-state index contributed by atoms with van der Waals surface area (Å²) < 4.78 is 0. The Labute approximate surface area is 550 Å². The van der Waals surface area contributed by atoms with E-state index >= 15 is 0 Å². The van der Waals surface area contributed by atoms with Gasteiger partial charge in [0.15, 0.2) is 0 Å². The smallest absolute Gasteiger partial charge is 0.0636 e. The fourth-order valence-corrected chi connectivity index (χ4v) is 13.3. The SMILES string of the molecule is CCCCCCCCCCCCCCCCCCCCCCCCCCCCCCc1cccc(N=C(CCCC)C(CCCCC)=Nc2cccc(CCCCCCCCCCCCCCCCCCCCCCCCCCCCCC)c2)c1.[Ni]. The van der Waals surface area contributed by atoms with Crippen LogP contribution in [0.2, 0.25) is 0 Å². The van der Waals surface area contributed by atoms with Gasteiger partial charge in [-0.25, -0.2) is 0 Å². The number of rotatable bonds is 68. The Morgan fingerprint density at radius 3 is 0.628 bits per heavy atom. The summed E-state index contributed by atoms with van der Waals surface area (Å²) in [5.41, 5.74) is 7.56. The van der Waals surface area contributed by atoms with Crippen molar-refractivity contribution in [3.05, 3.63) is 59.7 Å². The van der Waals surface area contributed by atoms with Crippen LogP contribution < -0.4 is 0 Å². The van der Waals surface area contributed by atoms with Crippen LogP contribution in [0.25, 0.3) is 0 Å². The van der Waals surface area contributed by atoms with E-state index in [1.807, 2.05) is 0 Å². The number of aryl methyl sites for hydroxylation is 2. The van der Waals surface area contributed by atoms with E-state index in [9.17, 15) is 0 Å². The molecule has 2 nitrogen and oxygen atoms in total. The maximum absolute atomic E-state index is 5.44. The number of nitrogens with zero attached hydrogens (tertiary/aromatic N) is 2. The molecule has 0 atom stereocenters. The molecule has 0 fully saturated rings. The third kappa shape index (κ3) is 55.1. The Bertz CT molecular complexity index is 1710. The molecular weight excluding hydrogens is 1080 g/mol. The minimum absolute atomic E-state index is 0. The molecular formula is C83H150N2Ni.